The summed E-state index contributed by atoms with van der Waals surface area (Å²) in [6.07, 6.45) is 0.256. The predicted octanol–water partition coefficient (Wildman–Crippen LogP) is -0.209. The third-order valence-electron chi connectivity index (χ3n) is 1.17. The van der Waals surface area contributed by atoms with Gasteiger partial charge in [0.25, 0.3) is 5.91 Å². The summed E-state index contributed by atoms with van der Waals surface area (Å²) >= 11 is 0. The van der Waals surface area contributed by atoms with E-state index in [0.717, 1.165) is 0 Å². The van der Waals surface area contributed by atoms with Crippen LogP contribution < -0.4 is 11.3 Å². The average Bonchev–Trinajstić information content (AvgIpc) is 1.99. The van der Waals surface area contributed by atoms with Crippen LogP contribution in [0, 0.1) is 0 Å². The zero-order valence-corrected chi connectivity index (χ0v) is 6.39. The lowest BCUT2D eigenvalue weighted by Gasteiger charge is -2.11. The second-order valence-electron chi connectivity index (χ2n) is 1.86. The second kappa shape index (κ2) is 5.20. The minimum absolute atomic E-state index is 0.260. The molecule has 4 heteroatoms. The van der Waals surface area contributed by atoms with Gasteiger partial charge in [0.15, 0.2) is 0 Å². The highest BCUT2D eigenvalue weighted by Crippen LogP contribution is 1.96. The molecule has 0 aromatic heterocycles. The summed E-state index contributed by atoms with van der Waals surface area (Å²) in [4.78, 5) is 10.8. The molecule has 0 aliphatic carbocycles. The SMILES string of the molecule is CCO[C@H](CC)C(=O)NN. The molecule has 0 rings (SSSR count). The van der Waals surface area contributed by atoms with Gasteiger partial charge in [0.1, 0.15) is 6.10 Å². The van der Waals surface area contributed by atoms with Gasteiger partial charge in [-0.1, -0.05) is 6.92 Å². The summed E-state index contributed by atoms with van der Waals surface area (Å²) in [5, 5.41) is 0. The molecule has 0 heterocycles. The molecule has 0 aliphatic rings. The second-order valence-corrected chi connectivity index (χ2v) is 1.86. The van der Waals surface area contributed by atoms with Gasteiger partial charge < -0.3 is 4.74 Å². The van der Waals surface area contributed by atoms with Gasteiger partial charge in [-0.3, -0.25) is 10.2 Å². The Morgan fingerprint density at radius 3 is 2.60 bits per heavy atom. The third-order valence-corrected chi connectivity index (χ3v) is 1.17. The number of rotatable bonds is 4. The number of nitrogens with two attached hydrogens (primary N) is 1. The Labute approximate surface area is 60.7 Å². The minimum Gasteiger partial charge on any atom is -0.369 e. The van der Waals surface area contributed by atoms with E-state index in [1.165, 1.54) is 0 Å². The van der Waals surface area contributed by atoms with Crippen LogP contribution in [0.1, 0.15) is 20.3 Å². The fourth-order valence-electron chi connectivity index (χ4n) is 0.673. The summed E-state index contributed by atoms with van der Waals surface area (Å²) in [5.74, 6) is 4.64. The minimum atomic E-state index is -0.394. The van der Waals surface area contributed by atoms with E-state index in [4.69, 9.17) is 10.6 Å². The van der Waals surface area contributed by atoms with Crippen LogP contribution in [-0.4, -0.2) is 18.6 Å². The quantitative estimate of drug-likeness (QED) is 0.328. The van der Waals surface area contributed by atoms with Gasteiger partial charge in [-0.25, -0.2) is 5.84 Å². The molecule has 0 saturated heterocycles. The number of carbonyl (C=O) groups excluding carboxylic acids is 1. The average molecular weight is 146 g/mol. The van der Waals surface area contributed by atoms with E-state index < -0.39 is 6.10 Å². The third kappa shape index (κ3) is 2.80. The van der Waals surface area contributed by atoms with Crippen molar-refractivity contribution < 1.29 is 9.53 Å². The summed E-state index contributed by atoms with van der Waals surface area (Å²) in [6, 6.07) is 0. The zero-order valence-electron chi connectivity index (χ0n) is 6.39. The van der Waals surface area contributed by atoms with E-state index in [9.17, 15) is 4.79 Å². The maximum atomic E-state index is 10.8. The Morgan fingerprint density at radius 1 is 1.70 bits per heavy atom. The molecule has 4 nitrogen and oxygen atoms in total. The standard InChI is InChI=1S/C6H14N2O2/c1-3-5(10-4-2)6(9)8-7/h5H,3-4,7H2,1-2H3,(H,8,9)/t5-/m1/s1. The molecule has 0 aromatic rings. The number of amides is 1. The number of hydrogen-bond donors (Lipinski definition) is 2. The van der Waals surface area contributed by atoms with Crippen molar-refractivity contribution in [3.8, 4) is 0 Å². The number of nitrogens with one attached hydrogen (secondary N) is 1. The fourth-order valence-corrected chi connectivity index (χ4v) is 0.673. The molecule has 60 valence electrons. The van der Waals surface area contributed by atoms with Crippen LogP contribution >= 0.6 is 0 Å². The van der Waals surface area contributed by atoms with Crippen LogP contribution in [0.4, 0.5) is 0 Å². The van der Waals surface area contributed by atoms with Gasteiger partial charge in [-0.15, -0.1) is 0 Å². The molecule has 0 fully saturated rings. The molecule has 0 radical (unpaired) electrons. The smallest absolute Gasteiger partial charge is 0.262 e. The van der Waals surface area contributed by atoms with E-state index in [1.807, 2.05) is 19.3 Å². The topological polar surface area (TPSA) is 64.3 Å². The Hall–Kier alpha value is -0.610. The Bertz CT molecular complexity index is 106. The first kappa shape index (κ1) is 9.39. The molecular formula is C6H14N2O2. The molecule has 0 saturated carbocycles. The van der Waals surface area contributed by atoms with E-state index in [1.54, 1.807) is 0 Å². The van der Waals surface area contributed by atoms with Crippen molar-refractivity contribution in [1.29, 1.82) is 0 Å². The molecule has 1 amide bonds. The largest absolute Gasteiger partial charge is 0.369 e. The van der Waals surface area contributed by atoms with Crippen LogP contribution in [0.25, 0.3) is 0 Å². The molecule has 0 bridgehead atoms. The monoisotopic (exact) mass is 146 g/mol. The summed E-state index contributed by atoms with van der Waals surface area (Å²) in [5.41, 5.74) is 2.04. The lowest BCUT2D eigenvalue weighted by molar-refractivity contribution is -0.132. The molecule has 10 heavy (non-hydrogen) atoms. The first-order valence-corrected chi connectivity index (χ1v) is 3.38. The molecule has 0 aliphatic heterocycles. The molecular weight excluding hydrogens is 132 g/mol. The van der Waals surface area contributed by atoms with Crippen molar-refractivity contribution >= 4 is 5.91 Å². The lowest BCUT2D eigenvalue weighted by Crippen LogP contribution is -2.40. The summed E-state index contributed by atoms with van der Waals surface area (Å²) < 4.78 is 5.05. The van der Waals surface area contributed by atoms with Gasteiger partial charge in [0, 0.05) is 6.61 Å². The van der Waals surface area contributed by atoms with Crippen LogP contribution in [-0.2, 0) is 9.53 Å². The van der Waals surface area contributed by atoms with Gasteiger partial charge in [-0.2, -0.15) is 0 Å². The molecule has 0 unspecified atom stereocenters. The van der Waals surface area contributed by atoms with Crippen molar-refractivity contribution in [2.75, 3.05) is 6.61 Å². The van der Waals surface area contributed by atoms with Gasteiger partial charge in [0.05, 0.1) is 0 Å². The van der Waals surface area contributed by atoms with E-state index in [0.29, 0.717) is 13.0 Å². The highest BCUT2D eigenvalue weighted by molar-refractivity contribution is 5.79. The van der Waals surface area contributed by atoms with Crippen LogP contribution in [0.15, 0.2) is 0 Å². The molecule has 1 atom stereocenters. The number of carbonyl (C=O) groups is 1. The van der Waals surface area contributed by atoms with Crippen LogP contribution in [0.2, 0.25) is 0 Å². The van der Waals surface area contributed by atoms with Crippen molar-refractivity contribution in [1.82, 2.24) is 5.43 Å². The Kier molecular flexibility index (Phi) is 4.88. The summed E-state index contributed by atoms with van der Waals surface area (Å²) in [6.45, 7) is 4.24. The van der Waals surface area contributed by atoms with Crippen molar-refractivity contribution in [3.05, 3.63) is 0 Å². The van der Waals surface area contributed by atoms with Crippen molar-refractivity contribution in [2.45, 2.75) is 26.4 Å². The van der Waals surface area contributed by atoms with Gasteiger partial charge in [-0.05, 0) is 13.3 Å². The van der Waals surface area contributed by atoms with E-state index >= 15 is 0 Å². The van der Waals surface area contributed by atoms with Crippen LogP contribution in [0.5, 0.6) is 0 Å². The van der Waals surface area contributed by atoms with Gasteiger partial charge >= 0.3 is 0 Å². The number of hydrogen-bond acceptors (Lipinski definition) is 3. The van der Waals surface area contributed by atoms with Crippen molar-refractivity contribution in [3.63, 3.8) is 0 Å². The maximum absolute atomic E-state index is 10.8. The summed E-state index contributed by atoms with van der Waals surface area (Å²) in [7, 11) is 0. The van der Waals surface area contributed by atoms with Gasteiger partial charge in [0.2, 0.25) is 0 Å². The first-order valence-electron chi connectivity index (χ1n) is 3.38. The first-order chi connectivity index (χ1) is 4.76. The fraction of sp³-hybridized carbons (Fsp3) is 0.833. The van der Waals surface area contributed by atoms with E-state index in [2.05, 4.69) is 0 Å². The Morgan fingerprint density at radius 2 is 2.30 bits per heavy atom. The number of hydrazine groups is 1. The van der Waals surface area contributed by atoms with Crippen molar-refractivity contribution in [2.24, 2.45) is 5.84 Å². The normalized spacial score (nSPS) is 12.7. The van der Waals surface area contributed by atoms with E-state index in [-0.39, 0.29) is 5.91 Å². The Balaban J connectivity index is 3.68. The molecule has 0 spiro atoms. The molecule has 3 N–H and O–H groups in total. The molecule has 0 aromatic carbocycles. The maximum Gasteiger partial charge on any atom is 0.262 e. The zero-order chi connectivity index (χ0) is 7.98. The highest BCUT2D eigenvalue weighted by Gasteiger charge is 2.13. The number of ether oxygens (including phenoxy) is 1. The predicted molar refractivity (Wildman–Crippen MR) is 38.0 cm³/mol. The lowest BCUT2D eigenvalue weighted by atomic mass is 10.3. The van der Waals surface area contributed by atoms with Crippen LogP contribution in [0.3, 0.4) is 0 Å². The highest BCUT2D eigenvalue weighted by atomic mass is 16.5.